The number of rotatable bonds is 3. The first-order valence-electron chi connectivity index (χ1n) is 8.53. The summed E-state index contributed by atoms with van der Waals surface area (Å²) in [5.74, 6) is 0.612. The molecule has 2 heterocycles. The monoisotopic (exact) mass is 296 g/mol. The molecule has 1 N–H and O–H groups in total. The van der Waals surface area contributed by atoms with Crippen molar-refractivity contribution in [3.63, 3.8) is 0 Å². The Morgan fingerprint density at radius 1 is 1.05 bits per heavy atom. The third-order valence-corrected chi connectivity index (χ3v) is 5.39. The molecule has 3 rings (SSSR count). The summed E-state index contributed by atoms with van der Waals surface area (Å²) in [6.45, 7) is 4.30. The Hall–Kier alpha value is -0.650. The Labute approximate surface area is 127 Å². The molecule has 0 aromatic carbocycles. The number of hydrogen-bond acceptors (Lipinski definition) is 4. The van der Waals surface area contributed by atoms with Gasteiger partial charge in [0.05, 0.1) is 25.9 Å². The number of hydrogen-bond donors (Lipinski definition) is 1. The quantitative estimate of drug-likeness (QED) is 0.839. The minimum atomic E-state index is -0.158. The summed E-state index contributed by atoms with van der Waals surface area (Å²) in [6, 6.07) is 0.404. The van der Waals surface area contributed by atoms with Crippen molar-refractivity contribution in [3.05, 3.63) is 0 Å². The number of carbonyl (C=O) groups excluding carboxylic acids is 1. The first kappa shape index (κ1) is 15.3. The molecule has 5 heteroatoms. The largest absolute Gasteiger partial charge is 0.393 e. The van der Waals surface area contributed by atoms with E-state index in [2.05, 4.69) is 4.90 Å². The van der Waals surface area contributed by atoms with Crippen LogP contribution in [-0.2, 0) is 9.53 Å². The molecule has 0 aromatic rings. The van der Waals surface area contributed by atoms with Crippen LogP contribution < -0.4 is 0 Å². The molecule has 1 aliphatic carbocycles. The van der Waals surface area contributed by atoms with Crippen LogP contribution in [0.5, 0.6) is 0 Å². The number of aliphatic hydroxyl groups excluding tert-OH is 1. The van der Waals surface area contributed by atoms with Crippen LogP contribution in [0.15, 0.2) is 0 Å². The highest BCUT2D eigenvalue weighted by atomic mass is 16.5. The van der Waals surface area contributed by atoms with Crippen LogP contribution in [0.1, 0.15) is 38.5 Å². The van der Waals surface area contributed by atoms with Gasteiger partial charge in [0, 0.05) is 25.0 Å². The second kappa shape index (κ2) is 7.07. The van der Waals surface area contributed by atoms with Crippen LogP contribution in [0, 0.1) is 5.92 Å². The maximum absolute atomic E-state index is 12.5. The Balaban J connectivity index is 1.59. The fourth-order valence-corrected chi connectivity index (χ4v) is 4.20. The molecule has 3 unspecified atom stereocenters. The first-order chi connectivity index (χ1) is 10.3. The maximum atomic E-state index is 12.5. The van der Waals surface area contributed by atoms with Crippen LogP contribution >= 0.6 is 0 Å². The summed E-state index contributed by atoms with van der Waals surface area (Å²) in [6.07, 6.45) is 6.58. The van der Waals surface area contributed by atoms with E-state index in [1.165, 1.54) is 12.8 Å². The zero-order chi connectivity index (χ0) is 14.7. The number of nitrogens with zero attached hydrogens (tertiary/aromatic N) is 2. The number of carbonyl (C=O) groups is 1. The number of aliphatic hydroxyl groups is 1. The molecule has 21 heavy (non-hydrogen) atoms. The summed E-state index contributed by atoms with van der Waals surface area (Å²) in [4.78, 5) is 16.8. The van der Waals surface area contributed by atoms with Gasteiger partial charge in [-0.25, -0.2) is 0 Å². The van der Waals surface area contributed by atoms with Crippen molar-refractivity contribution in [2.75, 3.05) is 39.4 Å². The molecule has 120 valence electrons. The normalized spacial score (nSPS) is 35.1. The molecule has 5 nitrogen and oxygen atoms in total. The van der Waals surface area contributed by atoms with Gasteiger partial charge in [-0.05, 0) is 32.2 Å². The van der Waals surface area contributed by atoms with Crippen molar-refractivity contribution in [1.29, 1.82) is 0 Å². The molecule has 3 fully saturated rings. The zero-order valence-corrected chi connectivity index (χ0v) is 12.9. The lowest BCUT2D eigenvalue weighted by Crippen LogP contribution is -2.52. The van der Waals surface area contributed by atoms with Crippen molar-refractivity contribution in [2.24, 2.45) is 5.92 Å². The first-order valence-corrected chi connectivity index (χ1v) is 8.53. The van der Waals surface area contributed by atoms with Gasteiger partial charge in [-0.1, -0.05) is 12.8 Å². The van der Waals surface area contributed by atoms with Crippen molar-refractivity contribution >= 4 is 5.91 Å². The van der Waals surface area contributed by atoms with E-state index in [1.807, 2.05) is 4.90 Å². The lowest BCUT2D eigenvalue weighted by atomic mass is 9.87. The molecule has 3 aliphatic rings. The number of amides is 1. The summed E-state index contributed by atoms with van der Waals surface area (Å²) in [5, 5.41) is 10.2. The average Bonchev–Trinajstić information content (AvgIpc) is 2.95. The third-order valence-electron chi connectivity index (χ3n) is 5.39. The Bertz CT molecular complexity index is 357. The van der Waals surface area contributed by atoms with Crippen LogP contribution in [0.3, 0.4) is 0 Å². The maximum Gasteiger partial charge on any atom is 0.236 e. The van der Waals surface area contributed by atoms with Gasteiger partial charge in [0.2, 0.25) is 5.91 Å². The Kier molecular flexibility index (Phi) is 5.14. The number of piperidine rings is 1. The summed E-state index contributed by atoms with van der Waals surface area (Å²) < 4.78 is 5.32. The highest BCUT2D eigenvalue weighted by molar-refractivity contribution is 5.78. The molecule has 3 atom stereocenters. The minimum absolute atomic E-state index is 0.158. The van der Waals surface area contributed by atoms with Gasteiger partial charge in [0.1, 0.15) is 0 Å². The smallest absolute Gasteiger partial charge is 0.236 e. The second-order valence-corrected chi connectivity index (χ2v) is 6.69. The van der Waals surface area contributed by atoms with E-state index in [9.17, 15) is 9.90 Å². The molecular weight excluding hydrogens is 268 g/mol. The predicted octanol–water partition coefficient (Wildman–Crippen LogP) is 0.861. The third kappa shape index (κ3) is 3.58. The fraction of sp³-hybridized carbons (Fsp3) is 0.938. The number of ether oxygens (including phenoxy) is 1. The highest BCUT2D eigenvalue weighted by Crippen LogP contribution is 2.35. The van der Waals surface area contributed by atoms with Gasteiger partial charge in [0.25, 0.3) is 0 Å². The molecule has 0 aromatic heterocycles. The van der Waals surface area contributed by atoms with E-state index in [4.69, 9.17) is 4.74 Å². The Morgan fingerprint density at radius 3 is 2.57 bits per heavy atom. The van der Waals surface area contributed by atoms with Crippen molar-refractivity contribution in [1.82, 2.24) is 9.80 Å². The fourth-order valence-electron chi connectivity index (χ4n) is 4.20. The van der Waals surface area contributed by atoms with Crippen molar-refractivity contribution in [2.45, 2.75) is 50.7 Å². The number of likely N-dealkylation sites (tertiary alicyclic amines) is 1. The summed E-state index contributed by atoms with van der Waals surface area (Å²) in [7, 11) is 0. The van der Waals surface area contributed by atoms with Crippen LogP contribution in [-0.4, -0.2) is 72.4 Å². The lowest BCUT2D eigenvalue weighted by molar-refractivity contribution is -0.138. The van der Waals surface area contributed by atoms with Crippen molar-refractivity contribution < 1.29 is 14.6 Å². The standard InChI is InChI=1S/C16H28N2O3/c19-15-6-3-4-13(15)14-5-1-2-7-18(14)12-16(20)17-8-10-21-11-9-17/h13-15,19H,1-12H2. The molecule has 0 radical (unpaired) electrons. The lowest BCUT2D eigenvalue weighted by Gasteiger charge is -2.41. The van der Waals surface area contributed by atoms with Gasteiger partial charge in [-0.2, -0.15) is 0 Å². The van der Waals surface area contributed by atoms with Crippen molar-refractivity contribution in [3.8, 4) is 0 Å². The molecule has 2 saturated heterocycles. The molecule has 1 saturated carbocycles. The van der Waals surface area contributed by atoms with Crippen LogP contribution in [0.25, 0.3) is 0 Å². The number of morpholine rings is 1. The molecule has 2 aliphatic heterocycles. The summed E-state index contributed by atoms with van der Waals surface area (Å²) in [5.41, 5.74) is 0. The van der Waals surface area contributed by atoms with E-state index < -0.39 is 0 Å². The second-order valence-electron chi connectivity index (χ2n) is 6.69. The topological polar surface area (TPSA) is 53.0 Å². The molecule has 1 amide bonds. The summed E-state index contributed by atoms with van der Waals surface area (Å²) >= 11 is 0. The van der Waals surface area contributed by atoms with E-state index >= 15 is 0 Å². The van der Waals surface area contributed by atoms with Gasteiger partial charge < -0.3 is 14.7 Å². The average molecular weight is 296 g/mol. The highest BCUT2D eigenvalue weighted by Gasteiger charge is 2.37. The zero-order valence-electron chi connectivity index (χ0n) is 12.9. The molecule has 0 spiro atoms. The molecule has 0 bridgehead atoms. The molecular formula is C16H28N2O3. The van der Waals surface area contributed by atoms with Gasteiger partial charge in [-0.15, -0.1) is 0 Å². The predicted molar refractivity (Wildman–Crippen MR) is 80.0 cm³/mol. The van der Waals surface area contributed by atoms with Gasteiger partial charge in [0.15, 0.2) is 0 Å². The van der Waals surface area contributed by atoms with E-state index in [-0.39, 0.29) is 12.0 Å². The van der Waals surface area contributed by atoms with E-state index in [0.717, 1.165) is 45.3 Å². The van der Waals surface area contributed by atoms with Gasteiger partial charge >= 0.3 is 0 Å². The SMILES string of the molecule is O=C(CN1CCCCC1C1CCCC1O)N1CCOCC1. The van der Waals surface area contributed by atoms with E-state index in [1.54, 1.807) is 0 Å². The minimum Gasteiger partial charge on any atom is -0.393 e. The van der Waals surface area contributed by atoms with E-state index in [0.29, 0.717) is 31.7 Å². The Morgan fingerprint density at radius 2 is 1.86 bits per heavy atom. The van der Waals surface area contributed by atoms with Crippen LogP contribution in [0.2, 0.25) is 0 Å². The van der Waals surface area contributed by atoms with Gasteiger partial charge in [-0.3, -0.25) is 9.69 Å². The van der Waals surface area contributed by atoms with Crippen LogP contribution in [0.4, 0.5) is 0 Å².